The van der Waals surface area contributed by atoms with Gasteiger partial charge in [-0.1, -0.05) is 43.3 Å². The summed E-state index contributed by atoms with van der Waals surface area (Å²) < 4.78 is 3.81. The Bertz CT molecular complexity index is 1180. The van der Waals surface area contributed by atoms with E-state index in [2.05, 4.69) is 63.7 Å². The first kappa shape index (κ1) is 22.0. The first-order valence-corrected chi connectivity index (χ1v) is 11.4. The van der Waals surface area contributed by atoms with Crippen LogP contribution in [0.25, 0.3) is 23.0 Å². The molecule has 1 aliphatic rings. The number of nitrogens with zero attached hydrogens (tertiary/aromatic N) is 5. The predicted molar refractivity (Wildman–Crippen MR) is 130 cm³/mol. The third kappa shape index (κ3) is 5.32. The van der Waals surface area contributed by atoms with Gasteiger partial charge in [0, 0.05) is 37.2 Å². The first-order valence-electron chi connectivity index (χ1n) is 11.4. The van der Waals surface area contributed by atoms with Crippen LogP contribution in [0.2, 0.25) is 0 Å². The van der Waals surface area contributed by atoms with Gasteiger partial charge in [0.05, 0.1) is 23.8 Å². The van der Waals surface area contributed by atoms with E-state index in [1.165, 1.54) is 30.5 Å². The van der Waals surface area contributed by atoms with E-state index in [4.69, 9.17) is 0 Å². The van der Waals surface area contributed by atoms with Gasteiger partial charge in [0.1, 0.15) is 0 Å². The van der Waals surface area contributed by atoms with Crippen LogP contribution in [0.15, 0.2) is 61.3 Å². The molecule has 32 heavy (non-hydrogen) atoms. The van der Waals surface area contributed by atoms with Gasteiger partial charge in [-0.2, -0.15) is 5.10 Å². The largest absolute Gasteiger partial charge is 0.314 e. The molecule has 5 rings (SSSR count). The standard InChI is InChI=1S/C15H21N.C11H11N5/c1-2-13-6-3-7-14(12-13)8-4-9-15-10-5-11-16-15;1-8-11-13-6-10(16(11)4-3-12-8)9-5-14-15(2)7-9/h3-4,6-8,12,15-16H,2,5,9-11H2,1H3;3-7H,1-2H3/b8-4-;. The van der Waals surface area contributed by atoms with Crippen LogP contribution in [0.3, 0.4) is 0 Å². The van der Waals surface area contributed by atoms with E-state index in [0.29, 0.717) is 6.04 Å². The van der Waals surface area contributed by atoms with Gasteiger partial charge in [-0.3, -0.25) is 14.1 Å². The van der Waals surface area contributed by atoms with Crippen molar-refractivity contribution in [3.63, 3.8) is 0 Å². The summed E-state index contributed by atoms with van der Waals surface area (Å²) in [5, 5.41) is 7.68. The molecule has 4 aromatic rings. The molecule has 1 aromatic carbocycles. The highest BCUT2D eigenvalue weighted by Gasteiger charge is 2.11. The second-order valence-corrected chi connectivity index (χ2v) is 8.28. The average Bonchev–Trinajstić information content (AvgIpc) is 3.56. The topological polar surface area (TPSA) is 60.0 Å². The summed E-state index contributed by atoms with van der Waals surface area (Å²) in [5.74, 6) is 0. The van der Waals surface area contributed by atoms with E-state index < -0.39 is 0 Å². The second-order valence-electron chi connectivity index (χ2n) is 8.28. The van der Waals surface area contributed by atoms with Crippen LogP contribution in [0.5, 0.6) is 0 Å². The van der Waals surface area contributed by atoms with Gasteiger partial charge >= 0.3 is 0 Å². The zero-order valence-electron chi connectivity index (χ0n) is 19.2. The molecule has 6 nitrogen and oxygen atoms in total. The number of nitrogens with one attached hydrogen (secondary N) is 1. The van der Waals surface area contributed by atoms with Crippen LogP contribution in [-0.4, -0.2) is 36.7 Å². The summed E-state index contributed by atoms with van der Waals surface area (Å²) in [4.78, 5) is 8.58. The van der Waals surface area contributed by atoms with E-state index in [1.54, 1.807) is 10.9 Å². The predicted octanol–water partition coefficient (Wildman–Crippen LogP) is 4.84. The van der Waals surface area contributed by atoms with Crippen molar-refractivity contribution in [2.75, 3.05) is 6.54 Å². The summed E-state index contributed by atoms with van der Waals surface area (Å²) in [7, 11) is 1.90. The van der Waals surface area contributed by atoms with Crippen LogP contribution in [-0.2, 0) is 13.5 Å². The average molecular weight is 429 g/mol. The van der Waals surface area contributed by atoms with Crippen molar-refractivity contribution in [3.05, 3.63) is 78.1 Å². The molecule has 0 saturated carbocycles. The van der Waals surface area contributed by atoms with Gasteiger partial charge in [-0.25, -0.2) is 4.98 Å². The van der Waals surface area contributed by atoms with E-state index in [9.17, 15) is 0 Å². The molecule has 6 heteroatoms. The summed E-state index contributed by atoms with van der Waals surface area (Å²) in [6.45, 7) is 5.35. The molecule has 0 aliphatic carbocycles. The number of benzene rings is 1. The Morgan fingerprint density at radius 3 is 2.88 bits per heavy atom. The van der Waals surface area contributed by atoms with Crippen molar-refractivity contribution in [1.82, 2.24) is 29.5 Å². The Morgan fingerprint density at radius 1 is 1.22 bits per heavy atom. The number of hydrogen-bond donors (Lipinski definition) is 1. The maximum Gasteiger partial charge on any atom is 0.158 e. The van der Waals surface area contributed by atoms with Crippen molar-refractivity contribution < 1.29 is 0 Å². The number of fused-ring (bicyclic) bond motifs is 1. The highest BCUT2D eigenvalue weighted by atomic mass is 15.2. The number of aryl methyl sites for hydroxylation is 3. The Labute approximate surface area is 190 Å². The van der Waals surface area contributed by atoms with Gasteiger partial charge < -0.3 is 5.32 Å². The Morgan fingerprint density at radius 2 is 2.12 bits per heavy atom. The molecule has 1 unspecified atom stereocenters. The summed E-state index contributed by atoms with van der Waals surface area (Å²) >= 11 is 0. The third-order valence-electron chi connectivity index (χ3n) is 5.86. The van der Waals surface area contributed by atoms with Crippen LogP contribution in [0.1, 0.15) is 43.0 Å². The number of rotatable bonds is 5. The van der Waals surface area contributed by atoms with Crippen molar-refractivity contribution in [3.8, 4) is 11.3 Å². The van der Waals surface area contributed by atoms with Crippen molar-refractivity contribution >= 4 is 11.7 Å². The fraction of sp³-hybridized carbons (Fsp3) is 0.346. The fourth-order valence-electron chi connectivity index (χ4n) is 4.06. The van der Waals surface area contributed by atoms with Crippen LogP contribution in [0.4, 0.5) is 0 Å². The van der Waals surface area contributed by atoms with E-state index >= 15 is 0 Å². The summed E-state index contributed by atoms with van der Waals surface area (Å²) in [6, 6.07) is 9.50. The molecule has 1 saturated heterocycles. The lowest BCUT2D eigenvalue weighted by molar-refractivity contribution is 0.615. The molecule has 1 aliphatic heterocycles. The number of aromatic nitrogens is 5. The number of imidazole rings is 1. The molecule has 1 N–H and O–H groups in total. The molecular weight excluding hydrogens is 396 g/mol. The van der Waals surface area contributed by atoms with Gasteiger partial charge in [0.25, 0.3) is 0 Å². The van der Waals surface area contributed by atoms with Gasteiger partial charge in [-0.05, 0) is 50.3 Å². The van der Waals surface area contributed by atoms with Gasteiger partial charge in [0.15, 0.2) is 5.65 Å². The van der Waals surface area contributed by atoms with Gasteiger partial charge in [0.2, 0.25) is 0 Å². The zero-order valence-corrected chi connectivity index (χ0v) is 19.2. The Kier molecular flexibility index (Phi) is 7.12. The highest BCUT2D eigenvalue weighted by Crippen LogP contribution is 2.20. The zero-order chi connectivity index (χ0) is 22.3. The maximum atomic E-state index is 4.37. The van der Waals surface area contributed by atoms with Crippen LogP contribution < -0.4 is 5.32 Å². The molecule has 166 valence electrons. The van der Waals surface area contributed by atoms with Crippen LogP contribution >= 0.6 is 0 Å². The lowest BCUT2D eigenvalue weighted by Crippen LogP contribution is -2.19. The first-order chi connectivity index (χ1) is 15.6. The molecule has 0 bridgehead atoms. The van der Waals surface area contributed by atoms with Crippen molar-refractivity contribution in [2.24, 2.45) is 7.05 Å². The second kappa shape index (κ2) is 10.4. The Hall–Kier alpha value is -3.25. The smallest absolute Gasteiger partial charge is 0.158 e. The normalized spacial score (nSPS) is 15.9. The SMILES string of the molecule is CCc1cccc(/C=C\CC2CCCN2)c1.Cc1nccn2c(-c3cnn(C)c3)cnc12. The highest BCUT2D eigenvalue weighted by molar-refractivity contribution is 5.63. The molecule has 0 amide bonds. The minimum atomic E-state index is 0.714. The van der Waals surface area contributed by atoms with Crippen LogP contribution in [0, 0.1) is 6.92 Å². The van der Waals surface area contributed by atoms with E-state index in [-0.39, 0.29) is 0 Å². The quantitative estimate of drug-likeness (QED) is 0.494. The molecule has 0 radical (unpaired) electrons. The van der Waals surface area contributed by atoms with E-state index in [0.717, 1.165) is 35.4 Å². The Balaban J connectivity index is 0.000000153. The molecule has 0 spiro atoms. The lowest BCUT2D eigenvalue weighted by Gasteiger charge is -2.05. The van der Waals surface area contributed by atoms with Crippen molar-refractivity contribution in [2.45, 2.75) is 45.6 Å². The number of hydrogen-bond acceptors (Lipinski definition) is 4. The molecule has 1 atom stereocenters. The lowest BCUT2D eigenvalue weighted by atomic mass is 10.1. The molecule has 1 fully saturated rings. The minimum Gasteiger partial charge on any atom is -0.314 e. The third-order valence-corrected chi connectivity index (χ3v) is 5.86. The maximum absolute atomic E-state index is 4.37. The monoisotopic (exact) mass is 428 g/mol. The minimum absolute atomic E-state index is 0.714. The fourth-order valence-corrected chi connectivity index (χ4v) is 4.06. The molecular formula is C26H32N6. The summed E-state index contributed by atoms with van der Waals surface area (Å²) in [6.07, 6.45) is 18.9. The summed E-state index contributed by atoms with van der Waals surface area (Å²) in [5.41, 5.74) is 6.66. The van der Waals surface area contributed by atoms with E-state index in [1.807, 2.05) is 43.2 Å². The van der Waals surface area contributed by atoms with Crippen molar-refractivity contribution in [1.29, 1.82) is 0 Å². The van der Waals surface area contributed by atoms with Gasteiger partial charge in [-0.15, -0.1) is 0 Å². The molecule has 3 aromatic heterocycles. The molecule has 4 heterocycles.